The molecule has 37 heavy (non-hydrogen) atoms. The SMILES string of the molecule is CN1C(=O)[C@@H](NC(=O)c2cc(Oc3cccc(F)n3)ccn2)CCc2ccc(C#CC3(O)COC3)cc21. The summed E-state index contributed by atoms with van der Waals surface area (Å²) in [5, 5.41) is 12.9. The molecule has 1 fully saturated rings. The lowest BCUT2D eigenvalue weighted by Crippen LogP contribution is -2.48. The number of nitrogens with one attached hydrogen (secondary N) is 1. The van der Waals surface area contributed by atoms with Crippen LogP contribution in [-0.2, 0) is 16.0 Å². The number of amides is 2. The Bertz CT molecular complexity index is 1430. The summed E-state index contributed by atoms with van der Waals surface area (Å²) in [6.45, 7) is 0.354. The highest BCUT2D eigenvalue weighted by Gasteiger charge is 2.34. The molecule has 5 rings (SSSR count). The van der Waals surface area contributed by atoms with Gasteiger partial charge in [0, 0.05) is 36.6 Å². The molecule has 0 saturated carbocycles. The number of likely N-dealkylation sites (N-methyl/N-ethyl adjacent to an activating group) is 1. The van der Waals surface area contributed by atoms with Gasteiger partial charge in [0.1, 0.15) is 17.5 Å². The highest BCUT2D eigenvalue weighted by molar-refractivity contribution is 6.02. The van der Waals surface area contributed by atoms with Crippen LogP contribution < -0.4 is 15.0 Å². The van der Waals surface area contributed by atoms with Crippen LogP contribution >= 0.6 is 0 Å². The maximum Gasteiger partial charge on any atom is 0.270 e. The average molecular weight is 503 g/mol. The van der Waals surface area contributed by atoms with Crippen molar-refractivity contribution in [3.8, 4) is 23.5 Å². The van der Waals surface area contributed by atoms with Crippen molar-refractivity contribution in [2.75, 3.05) is 25.2 Å². The van der Waals surface area contributed by atoms with Crippen molar-refractivity contribution in [2.24, 2.45) is 0 Å². The largest absolute Gasteiger partial charge is 0.439 e. The van der Waals surface area contributed by atoms with Gasteiger partial charge in [0.05, 0.1) is 13.2 Å². The Hall–Kier alpha value is -4.33. The molecule has 9 nitrogen and oxygen atoms in total. The number of pyridine rings is 2. The number of fused-ring (bicyclic) bond motifs is 1. The molecule has 0 unspecified atom stereocenters. The summed E-state index contributed by atoms with van der Waals surface area (Å²) < 4.78 is 23.9. The lowest BCUT2D eigenvalue weighted by atomic mass is 10.0. The summed E-state index contributed by atoms with van der Waals surface area (Å²) in [6.07, 6.45) is 2.34. The van der Waals surface area contributed by atoms with Crippen molar-refractivity contribution in [2.45, 2.75) is 24.5 Å². The van der Waals surface area contributed by atoms with Gasteiger partial charge in [0.25, 0.3) is 5.91 Å². The summed E-state index contributed by atoms with van der Waals surface area (Å²) in [5.41, 5.74) is 1.21. The minimum Gasteiger partial charge on any atom is -0.439 e. The first-order valence-electron chi connectivity index (χ1n) is 11.6. The molecule has 1 aromatic carbocycles. The first kappa shape index (κ1) is 24.4. The molecule has 0 aliphatic carbocycles. The van der Waals surface area contributed by atoms with E-state index in [-0.39, 0.29) is 36.4 Å². The molecule has 1 atom stereocenters. The van der Waals surface area contributed by atoms with E-state index >= 15 is 0 Å². The number of nitrogens with zero attached hydrogens (tertiary/aromatic N) is 3. The highest BCUT2D eigenvalue weighted by atomic mass is 19.1. The molecule has 2 aliphatic heterocycles. The Morgan fingerprint density at radius 1 is 1.27 bits per heavy atom. The Morgan fingerprint density at radius 2 is 2.11 bits per heavy atom. The van der Waals surface area contributed by atoms with E-state index in [1.54, 1.807) is 13.1 Å². The van der Waals surface area contributed by atoms with Crippen molar-refractivity contribution >= 4 is 17.5 Å². The van der Waals surface area contributed by atoms with Crippen LogP contribution in [0.1, 0.15) is 28.0 Å². The van der Waals surface area contributed by atoms with Crippen molar-refractivity contribution in [1.82, 2.24) is 15.3 Å². The number of aryl methyl sites for hydroxylation is 1. The summed E-state index contributed by atoms with van der Waals surface area (Å²) in [4.78, 5) is 35.4. The highest BCUT2D eigenvalue weighted by Crippen LogP contribution is 2.28. The fourth-order valence-corrected chi connectivity index (χ4v) is 4.03. The van der Waals surface area contributed by atoms with Crippen molar-refractivity contribution in [1.29, 1.82) is 0 Å². The normalized spacial score (nSPS) is 18.0. The maximum absolute atomic E-state index is 13.3. The number of rotatable bonds is 4. The van der Waals surface area contributed by atoms with Gasteiger partial charge in [-0.2, -0.15) is 9.37 Å². The number of aliphatic hydroxyl groups is 1. The van der Waals surface area contributed by atoms with E-state index in [1.807, 2.05) is 12.1 Å². The van der Waals surface area contributed by atoms with Crippen LogP contribution in [0.2, 0.25) is 0 Å². The predicted molar refractivity (Wildman–Crippen MR) is 131 cm³/mol. The molecule has 2 amide bonds. The number of benzene rings is 1. The van der Waals surface area contributed by atoms with E-state index in [1.165, 1.54) is 41.4 Å². The lowest BCUT2D eigenvalue weighted by molar-refractivity contribution is -0.140. The van der Waals surface area contributed by atoms with Crippen LogP contribution in [0.15, 0.2) is 54.7 Å². The molecule has 4 heterocycles. The topological polar surface area (TPSA) is 114 Å². The third kappa shape index (κ3) is 5.43. The second-order valence-corrected chi connectivity index (χ2v) is 8.86. The fraction of sp³-hybridized carbons (Fsp3) is 0.259. The minimum atomic E-state index is -1.13. The van der Waals surface area contributed by atoms with Gasteiger partial charge in [-0.1, -0.05) is 24.0 Å². The number of carbonyl (C=O) groups excluding carboxylic acids is 2. The zero-order valence-electron chi connectivity index (χ0n) is 19.9. The zero-order valence-corrected chi connectivity index (χ0v) is 19.9. The van der Waals surface area contributed by atoms with Crippen LogP contribution in [0.5, 0.6) is 11.6 Å². The number of anilines is 1. The lowest BCUT2D eigenvalue weighted by Gasteiger charge is -2.30. The summed E-state index contributed by atoms with van der Waals surface area (Å²) in [7, 11) is 1.65. The van der Waals surface area contributed by atoms with E-state index in [9.17, 15) is 19.1 Å². The molecule has 2 aliphatic rings. The predicted octanol–water partition coefficient (Wildman–Crippen LogP) is 2.23. The molecule has 0 radical (unpaired) electrons. The molecule has 10 heteroatoms. The van der Waals surface area contributed by atoms with Gasteiger partial charge in [-0.05, 0) is 42.7 Å². The Balaban J connectivity index is 1.29. The van der Waals surface area contributed by atoms with E-state index in [4.69, 9.17) is 9.47 Å². The Morgan fingerprint density at radius 3 is 2.86 bits per heavy atom. The molecule has 2 N–H and O–H groups in total. The van der Waals surface area contributed by atoms with Crippen molar-refractivity contribution in [3.63, 3.8) is 0 Å². The minimum absolute atomic E-state index is 0.0372. The smallest absolute Gasteiger partial charge is 0.270 e. The number of hydrogen-bond donors (Lipinski definition) is 2. The monoisotopic (exact) mass is 502 g/mol. The first-order chi connectivity index (χ1) is 17.8. The third-order valence-electron chi connectivity index (χ3n) is 6.08. The second kappa shape index (κ2) is 9.97. The van der Waals surface area contributed by atoms with Crippen LogP contribution in [0.3, 0.4) is 0 Å². The number of ether oxygens (including phenoxy) is 2. The molecule has 0 spiro atoms. The number of halogens is 1. The number of hydrogen-bond acceptors (Lipinski definition) is 7. The van der Waals surface area contributed by atoms with Crippen LogP contribution in [0, 0.1) is 17.8 Å². The summed E-state index contributed by atoms with van der Waals surface area (Å²) in [5.74, 6) is 4.54. The van der Waals surface area contributed by atoms with Crippen molar-refractivity contribution in [3.05, 3.63) is 77.5 Å². The molecular formula is C27H23FN4O5. The van der Waals surface area contributed by atoms with E-state index in [0.29, 0.717) is 24.1 Å². The first-order valence-corrected chi connectivity index (χ1v) is 11.6. The molecule has 2 aromatic heterocycles. The summed E-state index contributed by atoms with van der Waals surface area (Å²) >= 11 is 0. The van der Waals surface area contributed by atoms with Crippen molar-refractivity contribution < 1.29 is 28.6 Å². The van der Waals surface area contributed by atoms with Gasteiger partial charge in [-0.25, -0.2) is 0 Å². The summed E-state index contributed by atoms with van der Waals surface area (Å²) in [6, 6.07) is 11.8. The zero-order chi connectivity index (χ0) is 26.0. The van der Waals surface area contributed by atoms with Gasteiger partial charge in [-0.15, -0.1) is 0 Å². The Labute approximate surface area is 212 Å². The quantitative estimate of drug-likeness (QED) is 0.416. The Kier molecular flexibility index (Phi) is 6.56. The van der Waals surface area contributed by atoms with Gasteiger partial charge in [-0.3, -0.25) is 14.6 Å². The van der Waals surface area contributed by atoms with E-state index in [2.05, 4.69) is 27.1 Å². The number of aromatic nitrogens is 2. The van der Waals surface area contributed by atoms with Gasteiger partial charge < -0.3 is 24.8 Å². The van der Waals surface area contributed by atoms with Crippen LogP contribution in [0.4, 0.5) is 10.1 Å². The average Bonchev–Trinajstić information content (AvgIpc) is 2.98. The van der Waals surface area contributed by atoms with Gasteiger partial charge >= 0.3 is 0 Å². The van der Waals surface area contributed by atoms with Gasteiger partial charge in [0.15, 0.2) is 5.60 Å². The standard InChI is InChI=1S/C27H23FN4O5/c1-32-22-13-17(9-11-27(35)15-36-16-27)5-6-18(22)7-8-20(26(32)34)30-25(33)21-14-19(10-12-29-21)37-24-4-2-3-23(28)31-24/h2-6,10,12-14,20,35H,7-8,15-16H2,1H3,(H,30,33)/t20-/m0/s1. The van der Waals surface area contributed by atoms with Crippen LogP contribution in [-0.4, -0.2) is 58.8 Å². The molecule has 1 saturated heterocycles. The molecule has 188 valence electrons. The van der Waals surface area contributed by atoms with Gasteiger partial charge in [0.2, 0.25) is 17.7 Å². The maximum atomic E-state index is 13.3. The van der Waals surface area contributed by atoms with E-state index < -0.39 is 23.5 Å². The van der Waals surface area contributed by atoms with E-state index in [0.717, 1.165) is 5.56 Å². The molecular weight excluding hydrogens is 479 g/mol. The fourth-order valence-electron chi connectivity index (χ4n) is 4.03. The molecule has 0 bridgehead atoms. The second-order valence-electron chi connectivity index (χ2n) is 8.86. The third-order valence-corrected chi connectivity index (χ3v) is 6.08. The van der Waals surface area contributed by atoms with Crippen LogP contribution in [0.25, 0.3) is 0 Å². The molecule has 3 aromatic rings. The number of carbonyl (C=O) groups is 2.